The molecule has 1 heterocycles. The first-order valence-corrected chi connectivity index (χ1v) is 6.62. The number of ether oxygens (including phenoxy) is 1. The molecule has 0 saturated carbocycles. The van der Waals surface area contributed by atoms with E-state index in [2.05, 4.69) is 19.2 Å². The quantitative estimate of drug-likeness (QED) is 0.713. The van der Waals surface area contributed by atoms with Gasteiger partial charge < -0.3 is 10.1 Å². The molecule has 90 valence electrons. The van der Waals surface area contributed by atoms with E-state index < -0.39 is 0 Å². The van der Waals surface area contributed by atoms with Crippen LogP contribution in [0.25, 0.3) is 0 Å². The Bertz CT molecular complexity index is 171. The third-order valence-corrected chi connectivity index (χ3v) is 3.77. The lowest BCUT2D eigenvalue weighted by molar-refractivity contribution is 0.0634. The smallest absolute Gasteiger partial charge is 0.0469 e. The average molecular weight is 234 g/mol. The van der Waals surface area contributed by atoms with Gasteiger partial charge in [-0.25, -0.2) is 0 Å². The molecule has 1 rings (SSSR count). The van der Waals surface area contributed by atoms with Crippen molar-refractivity contribution in [3.8, 4) is 0 Å². The van der Waals surface area contributed by atoms with Crippen LogP contribution in [-0.2, 0) is 4.74 Å². The van der Waals surface area contributed by atoms with Gasteiger partial charge in [0.2, 0.25) is 0 Å². The maximum absolute atomic E-state index is 5.83. The van der Waals surface area contributed by atoms with E-state index in [4.69, 9.17) is 16.3 Å². The molecule has 0 aromatic rings. The van der Waals surface area contributed by atoms with Crippen molar-refractivity contribution in [2.24, 2.45) is 5.92 Å². The molecule has 1 fully saturated rings. The highest BCUT2D eigenvalue weighted by molar-refractivity contribution is 6.17. The predicted molar refractivity (Wildman–Crippen MR) is 65.6 cm³/mol. The van der Waals surface area contributed by atoms with Crippen LogP contribution in [0.2, 0.25) is 0 Å². The molecule has 15 heavy (non-hydrogen) atoms. The van der Waals surface area contributed by atoms with Crippen LogP contribution in [0.3, 0.4) is 0 Å². The van der Waals surface area contributed by atoms with Gasteiger partial charge in [0, 0.05) is 24.6 Å². The second-order valence-corrected chi connectivity index (χ2v) is 5.17. The summed E-state index contributed by atoms with van der Waals surface area (Å²) in [6.07, 6.45) is 4.60. The Morgan fingerprint density at radius 1 is 1.40 bits per heavy atom. The van der Waals surface area contributed by atoms with Crippen LogP contribution in [0.15, 0.2) is 0 Å². The van der Waals surface area contributed by atoms with E-state index in [9.17, 15) is 0 Å². The van der Waals surface area contributed by atoms with Gasteiger partial charge in [0.1, 0.15) is 0 Å². The molecule has 2 nitrogen and oxygen atoms in total. The van der Waals surface area contributed by atoms with Crippen LogP contribution in [0.4, 0.5) is 0 Å². The molecule has 1 aliphatic rings. The van der Waals surface area contributed by atoms with Crippen LogP contribution >= 0.6 is 11.6 Å². The Kier molecular flexibility index (Phi) is 5.95. The molecule has 1 aliphatic heterocycles. The third-order valence-electron chi connectivity index (χ3n) is 3.58. The molecule has 0 amide bonds. The summed E-state index contributed by atoms with van der Waals surface area (Å²) >= 11 is 5.83. The maximum Gasteiger partial charge on any atom is 0.0469 e. The summed E-state index contributed by atoms with van der Waals surface area (Å²) in [4.78, 5) is 0. The molecule has 1 N–H and O–H groups in total. The number of nitrogens with one attached hydrogen (secondary N) is 1. The zero-order valence-corrected chi connectivity index (χ0v) is 10.8. The Morgan fingerprint density at radius 3 is 2.60 bits per heavy atom. The van der Waals surface area contributed by atoms with Crippen molar-refractivity contribution in [3.63, 3.8) is 0 Å². The number of rotatable bonds is 6. The van der Waals surface area contributed by atoms with Crippen LogP contribution in [0.1, 0.15) is 39.5 Å². The topological polar surface area (TPSA) is 21.3 Å². The molecule has 1 saturated heterocycles. The van der Waals surface area contributed by atoms with Gasteiger partial charge in [-0.05, 0) is 45.1 Å². The second-order valence-electron chi connectivity index (χ2n) is 4.79. The standard InChI is InChI=1S/C12H24ClNO/c1-3-12(2,6-7-13)14-10-11-4-8-15-9-5-11/h11,14H,3-10H2,1-2H3. The Hall–Kier alpha value is 0.210. The van der Waals surface area contributed by atoms with Crippen molar-refractivity contribution in [2.75, 3.05) is 25.6 Å². The zero-order valence-electron chi connectivity index (χ0n) is 10.0. The van der Waals surface area contributed by atoms with Crippen molar-refractivity contribution in [1.82, 2.24) is 5.32 Å². The first-order chi connectivity index (χ1) is 7.20. The summed E-state index contributed by atoms with van der Waals surface area (Å²) in [5.41, 5.74) is 0.222. The fourth-order valence-corrected chi connectivity index (χ4v) is 2.36. The lowest BCUT2D eigenvalue weighted by Crippen LogP contribution is -2.45. The van der Waals surface area contributed by atoms with E-state index in [1.165, 1.54) is 12.8 Å². The monoisotopic (exact) mass is 233 g/mol. The van der Waals surface area contributed by atoms with Gasteiger partial charge in [-0.2, -0.15) is 0 Å². The van der Waals surface area contributed by atoms with E-state index in [0.29, 0.717) is 0 Å². The van der Waals surface area contributed by atoms with E-state index in [0.717, 1.165) is 44.4 Å². The number of hydrogen-bond donors (Lipinski definition) is 1. The first-order valence-electron chi connectivity index (χ1n) is 6.09. The number of hydrogen-bond acceptors (Lipinski definition) is 2. The Labute approximate surface area is 98.7 Å². The summed E-state index contributed by atoms with van der Waals surface area (Å²) in [5, 5.41) is 3.68. The maximum atomic E-state index is 5.83. The van der Waals surface area contributed by atoms with Gasteiger partial charge in [0.05, 0.1) is 0 Å². The summed E-state index contributed by atoms with van der Waals surface area (Å²) in [6, 6.07) is 0. The molecule has 0 spiro atoms. The zero-order chi connectivity index (χ0) is 11.1. The van der Waals surface area contributed by atoms with Crippen LogP contribution in [-0.4, -0.2) is 31.2 Å². The highest BCUT2D eigenvalue weighted by atomic mass is 35.5. The van der Waals surface area contributed by atoms with Gasteiger partial charge in [0.15, 0.2) is 0 Å². The van der Waals surface area contributed by atoms with E-state index in [1.807, 2.05) is 0 Å². The molecule has 0 aromatic carbocycles. The van der Waals surface area contributed by atoms with Crippen LogP contribution in [0.5, 0.6) is 0 Å². The molecule has 1 unspecified atom stereocenters. The average Bonchev–Trinajstić information content (AvgIpc) is 2.28. The minimum atomic E-state index is 0.222. The van der Waals surface area contributed by atoms with Crippen molar-refractivity contribution >= 4 is 11.6 Å². The summed E-state index contributed by atoms with van der Waals surface area (Å²) in [6.45, 7) is 7.48. The summed E-state index contributed by atoms with van der Waals surface area (Å²) in [5.74, 6) is 1.53. The van der Waals surface area contributed by atoms with Gasteiger partial charge in [-0.1, -0.05) is 6.92 Å². The minimum absolute atomic E-state index is 0.222. The lowest BCUT2D eigenvalue weighted by atomic mass is 9.93. The summed E-state index contributed by atoms with van der Waals surface area (Å²) in [7, 11) is 0. The fraction of sp³-hybridized carbons (Fsp3) is 1.00. The van der Waals surface area contributed by atoms with E-state index in [1.54, 1.807) is 0 Å². The Morgan fingerprint density at radius 2 is 2.07 bits per heavy atom. The van der Waals surface area contributed by atoms with Gasteiger partial charge in [-0.3, -0.25) is 0 Å². The van der Waals surface area contributed by atoms with Crippen molar-refractivity contribution in [1.29, 1.82) is 0 Å². The highest BCUT2D eigenvalue weighted by Gasteiger charge is 2.22. The third kappa shape index (κ3) is 4.71. The van der Waals surface area contributed by atoms with Crippen LogP contribution in [0, 0.1) is 5.92 Å². The van der Waals surface area contributed by atoms with Gasteiger partial charge in [-0.15, -0.1) is 11.6 Å². The lowest BCUT2D eigenvalue weighted by Gasteiger charge is -2.32. The number of halogens is 1. The van der Waals surface area contributed by atoms with Crippen molar-refractivity contribution < 1.29 is 4.74 Å². The fourth-order valence-electron chi connectivity index (χ4n) is 1.94. The molecule has 0 radical (unpaired) electrons. The molecule has 0 bridgehead atoms. The highest BCUT2D eigenvalue weighted by Crippen LogP contribution is 2.18. The predicted octanol–water partition coefficient (Wildman–Crippen LogP) is 2.80. The van der Waals surface area contributed by atoms with Gasteiger partial charge in [0.25, 0.3) is 0 Å². The molecular weight excluding hydrogens is 210 g/mol. The molecule has 0 aromatic heterocycles. The summed E-state index contributed by atoms with van der Waals surface area (Å²) < 4.78 is 5.36. The first kappa shape index (κ1) is 13.3. The molecule has 3 heteroatoms. The van der Waals surface area contributed by atoms with Crippen molar-refractivity contribution in [2.45, 2.75) is 45.1 Å². The van der Waals surface area contributed by atoms with Crippen molar-refractivity contribution in [3.05, 3.63) is 0 Å². The minimum Gasteiger partial charge on any atom is -0.381 e. The van der Waals surface area contributed by atoms with E-state index in [-0.39, 0.29) is 5.54 Å². The largest absolute Gasteiger partial charge is 0.381 e. The van der Waals surface area contributed by atoms with Gasteiger partial charge >= 0.3 is 0 Å². The molecule has 0 aliphatic carbocycles. The molecule has 1 atom stereocenters. The van der Waals surface area contributed by atoms with Crippen LogP contribution < -0.4 is 5.32 Å². The second kappa shape index (κ2) is 6.72. The normalized spacial score (nSPS) is 22.6. The van der Waals surface area contributed by atoms with E-state index >= 15 is 0 Å². The number of alkyl halides is 1. The molecular formula is C12H24ClNO. The SMILES string of the molecule is CCC(C)(CCCl)NCC1CCOCC1. The Balaban J connectivity index is 2.25.